The Hall–Kier alpha value is 1.63. The van der Waals surface area contributed by atoms with E-state index in [9.17, 15) is 0 Å². The third kappa shape index (κ3) is 32.8. The number of hydrogen-bond acceptors (Lipinski definition) is 9. The minimum Gasteiger partial charge on any atom is -0.394 e. The molecule has 3 radical (unpaired) electrons. The minimum absolute atomic E-state index is 0. The Morgan fingerprint density at radius 3 is 0.737 bits per heavy atom. The molecule has 0 aromatic heterocycles. The van der Waals surface area contributed by atoms with Crippen LogP contribution in [0.5, 0.6) is 0 Å². The summed E-state index contributed by atoms with van der Waals surface area (Å²) in [6.45, 7) is -0.573. The topological polar surface area (TPSA) is 121 Å². The van der Waals surface area contributed by atoms with Crippen LogP contribution in [0.4, 0.5) is 0 Å². The van der Waals surface area contributed by atoms with E-state index in [0.29, 0.717) is 17.3 Å². The average Bonchev–Trinajstić information content (AvgIpc) is 2.45. The van der Waals surface area contributed by atoms with Crippen LogP contribution in [0.25, 0.3) is 0 Å². The van der Waals surface area contributed by atoms with Gasteiger partial charge in [0, 0.05) is 41.7 Å². The fourth-order valence-corrected chi connectivity index (χ4v) is 0.520. The maximum atomic E-state index is 8.34. The molecule has 0 aliphatic carbocycles. The Kier molecular flexibility index (Phi) is 37.3. The van der Waals surface area contributed by atoms with Crippen molar-refractivity contribution < 1.29 is 30.6 Å². The van der Waals surface area contributed by atoms with Crippen LogP contribution in [0.2, 0.25) is 0 Å². The molecule has 0 aliphatic rings. The fraction of sp³-hybridized carbons (Fsp3) is 1.00. The summed E-state index contributed by atoms with van der Waals surface area (Å²) >= 11 is 11.1. The molecule has 3 unspecified atom stereocenters. The van der Waals surface area contributed by atoms with Gasteiger partial charge in [-0.2, -0.15) is 37.9 Å². The van der Waals surface area contributed by atoms with Gasteiger partial charge in [0.2, 0.25) is 0 Å². The van der Waals surface area contributed by atoms with Crippen LogP contribution in [-0.4, -0.2) is 110 Å². The smallest absolute Gasteiger partial charge is 0.0858 e. The largest absolute Gasteiger partial charge is 0.394 e. The van der Waals surface area contributed by atoms with E-state index in [-0.39, 0.29) is 44.2 Å². The molecule has 6 N–H and O–H groups in total. The first-order valence-electron chi connectivity index (χ1n) is 5.12. The van der Waals surface area contributed by atoms with Gasteiger partial charge >= 0.3 is 0 Å². The molecule has 0 bridgehead atoms. The minimum atomic E-state index is -0.645. The number of thiol groups is 3. The summed E-state index contributed by atoms with van der Waals surface area (Å²) in [6.07, 6.45) is -1.94. The summed E-state index contributed by atoms with van der Waals surface area (Å²) in [5.41, 5.74) is 0. The molecule has 0 aromatic rings. The van der Waals surface area contributed by atoms with Gasteiger partial charge in [-0.1, -0.05) is 0 Å². The van der Waals surface area contributed by atoms with Crippen molar-refractivity contribution in [3.05, 3.63) is 0 Å². The predicted octanol–water partition coefficient (Wildman–Crippen LogP) is -2.57. The molecular formula is C9H24O6S3Sb. The Bertz CT molecular complexity index is 113. The summed E-state index contributed by atoms with van der Waals surface area (Å²) < 4.78 is 0. The van der Waals surface area contributed by atoms with Crippen molar-refractivity contribution in [2.75, 3.05) is 37.1 Å². The molecule has 6 nitrogen and oxygen atoms in total. The predicted molar refractivity (Wildman–Crippen MR) is 86.6 cm³/mol. The first-order valence-corrected chi connectivity index (χ1v) is 7.02. The molecule has 0 rings (SSSR count). The second-order valence-corrected chi connectivity index (χ2v) is 4.15. The van der Waals surface area contributed by atoms with Crippen molar-refractivity contribution >= 4 is 62.3 Å². The molecule has 3 atom stereocenters. The van der Waals surface area contributed by atoms with E-state index in [4.69, 9.17) is 30.6 Å². The number of aliphatic hydroxyl groups is 6. The van der Waals surface area contributed by atoms with Gasteiger partial charge in [-0.25, -0.2) is 0 Å². The van der Waals surface area contributed by atoms with Crippen LogP contribution in [0.1, 0.15) is 0 Å². The molecular weight excluding hydrogens is 422 g/mol. The summed E-state index contributed by atoms with van der Waals surface area (Å²) in [6, 6.07) is 0. The molecule has 0 aliphatic heterocycles. The zero-order valence-corrected chi connectivity index (χ0v) is 15.7. The SMILES string of the molecule is OCC(O)CS.OCC(O)CS.OCC(O)CS.[Sb]. The molecule has 0 aromatic carbocycles. The van der Waals surface area contributed by atoms with Crippen LogP contribution in [0.15, 0.2) is 0 Å². The third-order valence-corrected chi connectivity index (χ3v) is 2.53. The molecule has 19 heavy (non-hydrogen) atoms. The van der Waals surface area contributed by atoms with Crippen LogP contribution >= 0.6 is 37.9 Å². The van der Waals surface area contributed by atoms with Gasteiger partial charge in [0.1, 0.15) is 0 Å². The second kappa shape index (κ2) is 24.6. The molecule has 0 saturated heterocycles. The molecule has 0 amide bonds. The monoisotopic (exact) mass is 445 g/mol. The van der Waals surface area contributed by atoms with Crippen molar-refractivity contribution in [1.82, 2.24) is 0 Å². The maximum absolute atomic E-state index is 8.34. The van der Waals surface area contributed by atoms with Crippen LogP contribution < -0.4 is 0 Å². The fourth-order valence-electron chi connectivity index (χ4n) is 0.173. The van der Waals surface area contributed by atoms with E-state index in [1.165, 1.54) is 0 Å². The van der Waals surface area contributed by atoms with Crippen molar-refractivity contribution in [2.24, 2.45) is 0 Å². The van der Waals surface area contributed by atoms with E-state index in [1.807, 2.05) is 0 Å². The van der Waals surface area contributed by atoms with Crippen LogP contribution in [0.3, 0.4) is 0 Å². The first-order chi connectivity index (χ1) is 8.42. The summed E-state index contributed by atoms with van der Waals surface area (Å²) in [5, 5.41) is 49.1. The maximum Gasteiger partial charge on any atom is 0.0858 e. The van der Waals surface area contributed by atoms with E-state index >= 15 is 0 Å². The van der Waals surface area contributed by atoms with E-state index < -0.39 is 18.3 Å². The van der Waals surface area contributed by atoms with Crippen LogP contribution in [-0.2, 0) is 0 Å². The Morgan fingerprint density at radius 2 is 0.737 bits per heavy atom. The molecule has 0 heterocycles. The number of rotatable bonds is 6. The molecule has 0 saturated carbocycles. The molecule has 10 heteroatoms. The van der Waals surface area contributed by atoms with Gasteiger partial charge in [0.05, 0.1) is 38.1 Å². The van der Waals surface area contributed by atoms with Gasteiger partial charge in [0.25, 0.3) is 0 Å². The average molecular weight is 446 g/mol. The van der Waals surface area contributed by atoms with Crippen molar-refractivity contribution in [3.63, 3.8) is 0 Å². The van der Waals surface area contributed by atoms with Gasteiger partial charge in [0.15, 0.2) is 0 Å². The Labute approximate surface area is 147 Å². The normalized spacial score (nSPS) is 13.7. The van der Waals surface area contributed by atoms with Crippen molar-refractivity contribution in [2.45, 2.75) is 18.3 Å². The zero-order chi connectivity index (χ0) is 15.0. The first kappa shape index (κ1) is 28.7. The molecule has 0 spiro atoms. The molecule has 0 fully saturated rings. The Morgan fingerprint density at radius 1 is 0.579 bits per heavy atom. The molecule has 119 valence electrons. The second-order valence-electron chi connectivity index (χ2n) is 3.06. The van der Waals surface area contributed by atoms with Crippen molar-refractivity contribution in [1.29, 1.82) is 0 Å². The zero-order valence-electron chi connectivity index (χ0n) is 10.4. The van der Waals surface area contributed by atoms with Gasteiger partial charge in [-0.3, -0.25) is 0 Å². The quantitative estimate of drug-likeness (QED) is 0.164. The van der Waals surface area contributed by atoms with Gasteiger partial charge in [-0.15, -0.1) is 0 Å². The number of aliphatic hydroxyl groups excluding tert-OH is 6. The van der Waals surface area contributed by atoms with E-state index in [2.05, 4.69) is 37.9 Å². The van der Waals surface area contributed by atoms with Crippen molar-refractivity contribution in [3.8, 4) is 0 Å². The van der Waals surface area contributed by atoms with Crippen LogP contribution in [0, 0.1) is 0 Å². The van der Waals surface area contributed by atoms with Gasteiger partial charge < -0.3 is 30.6 Å². The van der Waals surface area contributed by atoms with E-state index in [1.54, 1.807) is 0 Å². The number of hydrogen-bond donors (Lipinski definition) is 9. The third-order valence-electron chi connectivity index (χ3n) is 1.26. The summed E-state index contributed by atoms with van der Waals surface area (Å²) in [4.78, 5) is 0. The van der Waals surface area contributed by atoms with E-state index in [0.717, 1.165) is 0 Å². The Balaban J connectivity index is -0.0000000865. The van der Waals surface area contributed by atoms with Gasteiger partial charge in [-0.05, 0) is 0 Å². The summed E-state index contributed by atoms with van der Waals surface area (Å²) in [5.74, 6) is 0.990. The standard InChI is InChI=1S/3C3H8O2S.Sb/c3*4-1-3(5)2-6;/h3*3-6H,1-2H2;. The summed E-state index contributed by atoms with van der Waals surface area (Å²) in [7, 11) is 0.